The van der Waals surface area contributed by atoms with Gasteiger partial charge in [-0.2, -0.15) is 0 Å². The zero-order valence-electron chi connectivity index (χ0n) is 37.9. The van der Waals surface area contributed by atoms with E-state index in [-0.39, 0.29) is 17.1 Å². The molecule has 2 nitrogen and oxygen atoms in total. The molecule has 0 saturated heterocycles. The van der Waals surface area contributed by atoms with Gasteiger partial charge in [0.2, 0.25) is 0 Å². The Morgan fingerprint density at radius 1 is 0.377 bits per heavy atom. The van der Waals surface area contributed by atoms with Crippen LogP contribution in [0.25, 0.3) is 0 Å². The molecule has 0 aliphatic heterocycles. The van der Waals surface area contributed by atoms with Gasteiger partial charge in [0.25, 0.3) is 0 Å². The Morgan fingerprint density at radius 3 is 0.902 bits per heavy atom. The van der Waals surface area contributed by atoms with E-state index in [0.29, 0.717) is 35.2 Å². The Labute approximate surface area is 382 Å². The minimum Gasteiger partial charge on any atom is -0.302 e. The molecule has 320 valence electrons. The number of aryl methyl sites for hydroxylation is 4. The van der Waals surface area contributed by atoms with Gasteiger partial charge in [0, 0.05) is 29.2 Å². The summed E-state index contributed by atoms with van der Waals surface area (Å²) in [6, 6.07) is 59.8. The molecule has 6 atom stereocenters. The molecular formula is C56H68FeN2P2. The molecule has 61 heavy (non-hydrogen) atoms. The fourth-order valence-electron chi connectivity index (χ4n) is 10.8. The minimum absolute atomic E-state index is 0. The quantitative estimate of drug-likeness (QED) is 0.0892. The van der Waals surface area contributed by atoms with E-state index in [0.717, 1.165) is 0 Å². The number of rotatable bonds is 12. The molecule has 5 heteroatoms. The molecule has 4 unspecified atom stereocenters. The van der Waals surface area contributed by atoms with Crippen molar-refractivity contribution < 1.29 is 17.1 Å². The Balaban J connectivity index is 0.000000201. The Kier molecular flexibility index (Phi) is 17.2. The van der Waals surface area contributed by atoms with Crippen LogP contribution in [0.2, 0.25) is 0 Å². The Morgan fingerprint density at radius 2 is 0.639 bits per heavy atom. The van der Waals surface area contributed by atoms with E-state index in [4.69, 9.17) is 0 Å². The van der Waals surface area contributed by atoms with Gasteiger partial charge in [-0.15, -0.1) is 0 Å². The monoisotopic (exact) mass is 886 g/mol. The van der Waals surface area contributed by atoms with Gasteiger partial charge in [0.05, 0.1) is 0 Å². The van der Waals surface area contributed by atoms with Crippen molar-refractivity contribution in [2.45, 2.75) is 89.6 Å². The van der Waals surface area contributed by atoms with E-state index in [9.17, 15) is 0 Å². The van der Waals surface area contributed by atoms with Crippen molar-refractivity contribution in [3.05, 3.63) is 191 Å². The van der Waals surface area contributed by atoms with Crippen LogP contribution >= 0.6 is 15.8 Å². The maximum absolute atomic E-state index is 2.46. The topological polar surface area (TPSA) is 6.48 Å². The van der Waals surface area contributed by atoms with E-state index < -0.39 is 15.8 Å². The van der Waals surface area contributed by atoms with Crippen molar-refractivity contribution in [1.29, 1.82) is 0 Å². The maximum Gasteiger partial charge on any atom is 0.0376 e. The summed E-state index contributed by atoms with van der Waals surface area (Å²) < 4.78 is 0. The van der Waals surface area contributed by atoms with Crippen molar-refractivity contribution >= 4 is 37.1 Å². The third-order valence-corrected chi connectivity index (χ3v) is 20.1. The number of nitrogens with zero attached hydrogens (tertiary/aromatic N) is 2. The van der Waals surface area contributed by atoms with Crippen molar-refractivity contribution in [2.24, 2.45) is 11.8 Å². The average Bonchev–Trinajstić information content (AvgIpc) is 3.92. The van der Waals surface area contributed by atoms with Gasteiger partial charge in [0.1, 0.15) is 0 Å². The van der Waals surface area contributed by atoms with Gasteiger partial charge in [-0.05, 0) is 175 Å². The van der Waals surface area contributed by atoms with E-state index in [1.165, 1.54) is 71.9 Å². The largest absolute Gasteiger partial charge is 0.302 e. The second kappa shape index (κ2) is 22.3. The zero-order valence-corrected chi connectivity index (χ0v) is 40.8. The third kappa shape index (κ3) is 10.9. The summed E-state index contributed by atoms with van der Waals surface area (Å²) in [6.45, 7) is 9.20. The molecule has 2 aliphatic carbocycles. The number of hydrogen-bond donors (Lipinski definition) is 0. The normalized spacial score (nSPS) is 19.7. The minimum atomic E-state index is -0.407. The smallest absolute Gasteiger partial charge is 0.0376 e. The van der Waals surface area contributed by atoms with Crippen LogP contribution in [0.5, 0.6) is 0 Å². The van der Waals surface area contributed by atoms with Crippen LogP contribution < -0.4 is 21.2 Å². The Hall–Kier alpha value is -3.38. The molecule has 0 aromatic heterocycles. The van der Waals surface area contributed by atoms with E-state index in [1.807, 2.05) is 0 Å². The van der Waals surface area contributed by atoms with Crippen LogP contribution in [0.15, 0.2) is 158 Å². The van der Waals surface area contributed by atoms with E-state index in [2.05, 4.69) is 223 Å². The van der Waals surface area contributed by atoms with Crippen LogP contribution in [0.4, 0.5) is 0 Å². The summed E-state index contributed by atoms with van der Waals surface area (Å²) in [7, 11) is 8.23. The standard InChI is InChI=1S/2C28H34NP.Fe/c2*1-21-13-8-10-18-25(21)30(26-19-11-9-14-22(26)2)27-20-12-17-24(27)28(29(3)4)23-15-6-5-7-16-23;/h2*5-11,13-16,18-19,24,27-28H,12,17,20H2,1-4H3;/t2*24?,27?,28-;/m00./s1. The van der Waals surface area contributed by atoms with Crippen molar-refractivity contribution in [3.8, 4) is 0 Å². The fraction of sp³-hybridized carbons (Fsp3) is 0.357. The van der Waals surface area contributed by atoms with Crippen LogP contribution in [-0.2, 0) is 17.1 Å². The fourth-order valence-corrected chi connectivity index (χ4v) is 17.8. The van der Waals surface area contributed by atoms with Crippen LogP contribution in [0.1, 0.15) is 84.0 Å². The summed E-state index contributed by atoms with van der Waals surface area (Å²) in [5.74, 6) is 1.35. The summed E-state index contributed by atoms with van der Waals surface area (Å²) in [5, 5.41) is 6.29. The first-order chi connectivity index (χ1) is 29.2. The molecule has 2 aliphatic rings. The van der Waals surface area contributed by atoms with E-state index in [1.54, 1.807) is 21.2 Å². The van der Waals surface area contributed by atoms with Gasteiger partial charge in [-0.1, -0.05) is 171 Å². The first-order valence-corrected chi connectivity index (χ1v) is 25.2. The number of hydrogen-bond acceptors (Lipinski definition) is 2. The van der Waals surface area contributed by atoms with Crippen molar-refractivity contribution in [1.82, 2.24) is 9.80 Å². The molecule has 0 N–H and O–H groups in total. The molecule has 8 rings (SSSR count). The van der Waals surface area contributed by atoms with Gasteiger partial charge in [-0.3, -0.25) is 0 Å². The molecule has 2 fully saturated rings. The summed E-state index contributed by atoms with van der Waals surface area (Å²) in [5.41, 5.74) is 10.1. The van der Waals surface area contributed by atoms with Crippen LogP contribution in [0, 0.1) is 39.5 Å². The molecule has 6 aromatic carbocycles. The SMILES string of the molecule is Cc1ccccc1P(c1ccccc1C)C1CCCC1[C@H](c1ccccc1)N(C)C.Cc1ccccc1P(c1ccccc1C)C1CCCC1[C@H](c1ccccc1)N(C)C.[Fe]. The third-order valence-electron chi connectivity index (χ3n) is 13.4. The molecule has 2 saturated carbocycles. The maximum atomic E-state index is 2.46. The summed E-state index contributed by atoms with van der Waals surface area (Å²) >= 11 is 0. The zero-order chi connectivity index (χ0) is 42.2. The first-order valence-electron chi connectivity index (χ1n) is 22.4. The van der Waals surface area contributed by atoms with E-state index >= 15 is 0 Å². The van der Waals surface area contributed by atoms with Gasteiger partial charge < -0.3 is 9.80 Å². The van der Waals surface area contributed by atoms with Gasteiger partial charge in [0.15, 0.2) is 0 Å². The summed E-state index contributed by atoms with van der Waals surface area (Å²) in [4.78, 5) is 4.92. The molecule has 0 amide bonds. The van der Waals surface area contributed by atoms with Crippen molar-refractivity contribution in [2.75, 3.05) is 28.2 Å². The van der Waals surface area contributed by atoms with Crippen molar-refractivity contribution in [3.63, 3.8) is 0 Å². The predicted octanol–water partition coefficient (Wildman–Crippen LogP) is 12.4. The molecule has 0 bridgehead atoms. The number of benzene rings is 6. The second-order valence-corrected chi connectivity index (χ2v) is 22.6. The first kappa shape index (κ1) is 47.1. The predicted molar refractivity (Wildman–Crippen MR) is 265 cm³/mol. The second-order valence-electron chi connectivity index (χ2n) is 17.8. The molecule has 0 heterocycles. The molecule has 0 spiro atoms. The van der Waals surface area contributed by atoms with Crippen LogP contribution in [0.3, 0.4) is 0 Å². The average molecular weight is 887 g/mol. The van der Waals surface area contributed by atoms with Gasteiger partial charge in [-0.25, -0.2) is 0 Å². The molecule has 0 radical (unpaired) electrons. The van der Waals surface area contributed by atoms with Crippen LogP contribution in [-0.4, -0.2) is 49.3 Å². The molecular weight excluding hydrogens is 818 g/mol. The molecule has 6 aromatic rings. The Bertz CT molecular complexity index is 2010. The van der Waals surface area contributed by atoms with Gasteiger partial charge >= 0.3 is 0 Å². The summed E-state index contributed by atoms with van der Waals surface area (Å²) in [6.07, 6.45) is 7.97.